The predicted molar refractivity (Wildman–Crippen MR) is 86.5 cm³/mol. The van der Waals surface area contributed by atoms with Crippen LogP contribution in [0.3, 0.4) is 0 Å². The fraction of sp³-hybridized carbons (Fsp3) is 0.294. The van der Waals surface area contributed by atoms with Crippen LogP contribution in [-0.2, 0) is 10.0 Å². The van der Waals surface area contributed by atoms with Gasteiger partial charge in [0.25, 0.3) is 10.0 Å². The molecule has 1 saturated carbocycles. The minimum Gasteiger partial charge on any atom is -0.490 e. The third-order valence-corrected chi connectivity index (χ3v) is 5.30. The van der Waals surface area contributed by atoms with Crippen LogP contribution in [0.1, 0.15) is 25.7 Å². The van der Waals surface area contributed by atoms with Crippen molar-refractivity contribution in [1.29, 1.82) is 0 Å². The van der Waals surface area contributed by atoms with Crippen LogP contribution in [0.2, 0.25) is 0 Å². The molecule has 24 heavy (non-hydrogen) atoms. The number of hydrogen-bond donors (Lipinski definition) is 1. The van der Waals surface area contributed by atoms with Gasteiger partial charge in [0.2, 0.25) is 0 Å². The minimum absolute atomic E-state index is 0.0936. The van der Waals surface area contributed by atoms with E-state index in [-0.39, 0.29) is 11.0 Å². The van der Waals surface area contributed by atoms with Crippen molar-refractivity contribution in [2.45, 2.75) is 36.7 Å². The van der Waals surface area contributed by atoms with E-state index >= 15 is 0 Å². The first-order valence-electron chi connectivity index (χ1n) is 7.69. The molecule has 1 aliphatic carbocycles. The number of sulfonamides is 1. The molecule has 7 heteroatoms. The fourth-order valence-electron chi connectivity index (χ4n) is 2.68. The lowest BCUT2D eigenvalue weighted by Gasteiger charge is -2.14. The maximum absolute atomic E-state index is 13.6. The van der Waals surface area contributed by atoms with Gasteiger partial charge in [-0.05, 0) is 62.1 Å². The third kappa shape index (κ3) is 3.67. The quantitative estimate of drug-likeness (QED) is 0.881. The zero-order valence-electron chi connectivity index (χ0n) is 12.8. The average Bonchev–Trinajstić information content (AvgIpc) is 3.05. The largest absolute Gasteiger partial charge is 0.490 e. The maximum atomic E-state index is 13.6. The monoisotopic (exact) mass is 353 g/mol. The standard InChI is InChI=1S/C17H17F2NO3S/c18-15-6-3-7-16(19)17(15)20-24(21,22)14-10-8-13(9-11-14)23-12-4-1-2-5-12/h3,6-12,20H,1-2,4-5H2. The molecule has 1 N–H and O–H groups in total. The van der Waals surface area contributed by atoms with Crippen molar-refractivity contribution in [3.63, 3.8) is 0 Å². The molecule has 2 aromatic rings. The lowest BCUT2D eigenvalue weighted by Crippen LogP contribution is -2.15. The van der Waals surface area contributed by atoms with Crippen molar-refractivity contribution in [3.05, 3.63) is 54.1 Å². The van der Waals surface area contributed by atoms with Gasteiger partial charge in [0.05, 0.1) is 11.0 Å². The summed E-state index contributed by atoms with van der Waals surface area (Å²) in [5.74, 6) is -1.36. The van der Waals surface area contributed by atoms with Crippen LogP contribution in [0.5, 0.6) is 5.75 Å². The minimum atomic E-state index is -4.09. The van der Waals surface area contributed by atoms with Crippen LogP contribution >= 0.6 is 0 Å². The molecule has 1 fully saturated rings. The molecule has 0 radical (unpaired) electrons. The summed E-state index contributed by atoms with van der Waals surface area (Å²) in [6, 6.07) is 8.93. The Kier molecular flexibility index (Phi) is 4.71. The second kappa shape index (κ2) is 6.76. The Labute approximate surface area is 139 Å². The average molecular weight is 353 g/mol. The Bertz CT molecular complexity index is 796. The Morgan fingerprint density at radius 2 is 1.54 bits per heavy atom. The molecule has 0 atom stereocenters. The van der Waals surface area contributed by atoms with Crippen LogP contribution in [-0.4, -0.2) is 14.5 Å². The van der Waals surface area contributed by atoms with E-state index in [1.54, 1.807) is 12.1 Å². The summed E-state index contributed by atoms with van der Waals surface area (Å²) in [6.45, 7) is 0. The molecule has 0 bridgehead atoms. The molecule has 0 saturated heterocycles. The van der Waals surface area contributed by atoms with Crippen LogP contribution < -0.4 is 9.46 Å². The molecule has 2 aromatic carbocycles. The van der Waals surface area contributed by atoms with E-state index in [1.807, 2.05) is 4.72 Å². The van der Waals surface area contributed by atoms with E-state index in [0.29, 0.717) is 5.75 Å². The van der Waals surface area contributed by atoms with Gasteiger partial charge in [0.15, 0.2) is 0 Å². The molecule has 0 heterocycles. The van der Waals surface area contributed by atoms with Gasteiger partial charge in [-0.25, -0.2) is 17.2 Å². The molecule has 1 aliphatic rings. The summed E-state index contributed by atoms with van der Waals surface area (Å²) < 4.78 is 59.5. The van der Waals surface area contributed by atoms with Gasteiger partial charge in [-0.1, -0.05) is 6.07 Å². The Balaban J connectivity index is 1.77. The van der Waals surface area contributed by atoms with E-state index < -0.39 is 27.3 Å². The molecule has 4 nitrogen and oxygen atoms in total. The topological polar surface area (TPSA) is 55.4 Å². The van der Waals surface area contributed by atoms with Crippen molar-refractivity contribution in [2.24, 2.45) is 0 Å². The molecule has 0 amide bonds. The van der Waals surface area contributed by atoms with Gasteiger partial charge in [0, 0.05) is 0 Å². The second-order valence-electron chi connectivity index (χ2n) is 5.70. The van der Waals surface area contributed by atoms with Gasteiger partial charge < -0.3 is 4.74 Å². The Morgan fingerprint density at radius 3 is 2.12 bits per heavy atom. The highest BCUT2D eigenvalue weighted by atomic mass is 32.2. The summed E-state index contributed by atoms with van der Waals surface area (Å²) >= 11 is 0. The number of para-hydroxylation sites is 1. The summed E-state index contributed by atoms with van der Waals surface area (Å²) in [5, 5.41) is 0. The van der Waals surface area contributed by atoms with Gasteiger partial charge >= 0.3 is 0 Å². The number of hydrogen-bond acceptors (Lipinski definition) is 3. The highest BCUT2D eigenvalue weighted by Gasteiger charge is 2.20. The van der Waals surface area contributed by atoms with Crippen molar-refractivity contribution in [2.75, 3.05) is 4.72 Å². The number of benzene rings is 2. The molecule has 0 spiro atoms. The van der Waals surface area contributed by atoms with Gasteiger partial charge in [0.1, 0.15) is 23.1 Å². The number of rotatable bonds is 5. The SMILES string of the molecule is O=S(=O)(Nc1c(F)cccc1F)c1ccc(OC2CCCC2)cc1. The van der Waals surface area contributed by atoms with E-state index in [9.17, 15) is 17.2 Å². The number of halogens is 2. The van der Waals surface area contributed by atoms with Crippen LogP contribution in [0.25, 0.3) is 0 Å². The van der Waals surface area contributed by atoms with Gasteiger partial charge in [-0.2, -0.15) is 0 Å². The summed E-state index contributed by atoms with van der Waals surface area (Å²) in [7, 11) is -4.09. The molecular weight excluding hydrogens is 336 g/mol. The van der Waals surface area contributed by atoms with E-state index in [4.69, 9.17) is 4.74 Å². The summed E-state index contributed by atoms with van der Waals surface area (Å²) in [5.41, 5.74) is -0.691. The summed E-state index contributed by atoms with van der Waals surface area (Å²) in [6.07, 6.45) is 4.42. The zero-order valence-corrected chi connectivity index (χ0v) is 13.7. The number of ether oxygens (including phenoxy) is 1. The molecule has 128 valence electrons. The number of nitrogens with one attached hydrogen (secondary N) is 1. The third-order valence-electron chi connectivity index (χ3n) is 3.94. The normalized spacial score (nSPS) is 15.4. The highest BCUT2D eigenvalue weighted by molar-refractivity contribution is 7.92. The van der Waals surface area contributed by atoms with E-state index in [0.717, 1.165) is 43.9 Å². The molecule has 0 aromatic heterocycles. The fourth-order valence-corrected chi connectivity index (χ4v) is 3.76. The second-order valence-corrected chi connectivity index (χ2v) is 7.38. The molecule has 0 unspecified atom stereocenters. The van der Waals surface area contributed by atoms with Crippen molar-refractivity contribution >= 4 is 15.7 Å². The molecule has 3 rings (SSSR count). The first-order chi connectivity index (χ1) is 11.5. The Hall–Kier alpha value is -2.15. The van der Waals surface area contributed by atoms with Crippen LogP contribution in [0, 0.1) is 11.6 Å². The Morgan fingerprint density at radius 1 is 0.958 bits per heavy atom. The molecular formula is C17H17F2NO3S. The van der Waals surface area contributed by atoms with Gasteiger partial charge in [-0.15, -0.1) is 0 Å². The lowest BCUT2D eigenvalue weighted by atomic mass is 10.3. The maximum Gasteiger partial charge on any atom is 0.262 e. The smallest absolute Gasteiger partial charge is 0.262 e. The van der Waals surface area contributed by atoms with Crippen molar-refractivity contribution < 1.29 is 21.9 Å². The van der Waals surface area contributed by atoms with E-state index in [2.05, 4.69) is 0 Å². The lowest BCUT2D eigenvalue weighted by molar-refractivity contribution is 0.210. The number of anilines is 1. The highest BCUT2D eigenvalue weighted by Crippen LogP contribution is 2.26. The zero-order chi connectivity index (χ0) is 17.2. The molecule has 0 aliphatic heterocycles. The predicted octanol–water partition coefficient (Wildman–Crippen LogP) is 4.09. The summed E-state index contributed by atoms with van der Waals surface area (Å²) in [4.78, 5) is -0.0936. The van der Waals surface area contributed by atoms with Gasteiger partial charge in [-0.3, -0.25) is 4.72 Å². The van der Waals surface area contributed by atoms with Crippen molar-refractivity contribution in [3.8, 4) is 5.75 Å². The van der Waals surface area contributed by atoms with Crippen LogP contribution in [0.15, 0.2) is 47.4 Å². The first-order valence-corrected chi connectivity index (χ1v) is 9.17. The van der Waals surface area contributed by atoms with Crippen molar-refractivity contribution in [1.82, 2.24) is 0 Å². The van der Waals surface area contributed by atoms with Crippen LogP contribution in [0.4, 0.5) is 14.5 Å². The first kappa shape index (κ1) is 16.7. The van der Waals surface area contributed by atoms with E-state index in [1.165, 1.54) is 12.1 Å².